The average molecular weight is 266 g/mol. The lowest BCUT2D eigenvalue weighted by Crippen LogP contribution is -2.49. The maximum Gasteiger partial charge on any atom is 0.243 e. The number of ether oxygens (including phenoxy) is 1. The summed E-state index contributed by atoms with van der Waals surface area (Å²) in [6, 6.07) is 0. The number of carbonyl (C=O) groups is 1. The predicted molar refractivity (Wildman–Crippen MR) is 66.4 cm³/mol. The predicted octanol–water partition coefficient (Wildman–Crippen LogP) is -0.757. The molecule has 102 valence electrons. The summed E-state index contributed by atoms with van der Waals surface area (Å²) in [7, 11) is -1.88. The summed E-state index contributed by atoms with van der Waals surface area (Å²) in [5.41, 5.74) is 5.25. The largest absolute Gasteiger partial charge is 0.378 e. The number of hydrogen-bond acceptors (Lipinski definition) is 5. The highest BCUT2D eigenvalue weighted by atomic mass is 32.2. The fourth-order valence-corrected chi connectivity index (χ4v) is 1.58. The van der Waals surface area contributed by atoms with E-state index in [-0.39, 0.29) is 0 Å². The van der Waals surface area contributed by atoms with E-state index in [0.29, 0.717) is 26.3 Å². The Bertz CT molecular complexity index is 351. The smallest absolute Gasteiger partial charge is 0.243 e. The quantitative estimate of drug-likeness (QED) is 0.612. The number of sulfone groups is 1. The van der Waals surface area contributed by atoms with Crippen LogP contribution in [0.2, 0.25) is 0 Å². The molecule has 0 radical (unpaired) electrons. The van der Waals surface area contributed by atoms with Gasteiger partial charge in [-0.2, -0.15) is 0 Å². The van der Waals surface area contributed by atoms with Gasteiger partial charge in [-0.15, -0.1) is 0 Å². The molecule has 0 rings (SSSR count). The van der Waals surface area contributed by atoms with Crippen molar-refractivity contribution < 1.29 is 17.9 Å². The van der Waals surface area contributed by atoms with Gasteiger partial charge in [0.1, 0.15) is 4.75 Å². The highest BCUT2D eigenvalue weighted by Gasteiger charge is 2.40. The third-order valence-corrected chi connectivity index (χ3v) is 4.65. The van der Waals surface area contributed by atoms with Crippen molar-refractivity contribution in [3.8, 4) is 0 Å². The number of carbonyl (C=O) groups excluding carboxylic acids is 1. The van der Waals surface area contributed by atoms with Crippen LogP contribution < -0.4 is 5.73 Å². The van der Waals surface area contributed by atoms with E-state index in [2.05, 4.69) is 0 Å². The van der Waals surface area contributed by atoms with Gasteiger partial charge in [0.25, 0.3) is 0 Å². The first-order valence-corrected chi connectivity index (χ1v) is 7.26. The van der Waals surface area contributed by atoms with Crippen molar-refractivity contribution in [1.29, 1.82) is 0 Å². The van der Waals surface area contributed by atoms with Crippen LogP contribution in [-0.2, 0) is 19.4 Å². The molecule has 0 aromatic carbocycles. The molecule has 0 aliphatic carbocycles. The Morgan fingerprint density at radius 2 is 1.88 bits per heavy atom. The molecule has 0 saturated heterocycles. The Kier molecular flexibility index (Phi) is 6.08. The molecule has 0 aromatic heterocycles. The zero-order valence-corrected chi connectivity index (χ0v) is 11.7. The van der Waals surface area contributed by atoms with Crippen LogP contribution in [-0.4, -0.2) is 63.6 Å². The van der Waals surface area contributed by atoms with Crippen molar-refractivity contribution in [2.45, 2.75) is 18.6 Å². The van der Waals surface area contributed by atoms with E-state index in [0.717, 1.165) is 6.26 Å². The molecule has 0 aliphatic rings. The third-order valence-electron chi connectivity index (χ3n) is 2.62. The number of likely N-dealkylation sites (N-methyl/N-ethyl adjacent to an activating group) is 1. The molecule has 6 nitrogen and oxygen atoms in total. The van der Waals surface area contributed by atoms with Crippen LogP contribution >= 0.6 is 0 Å². The van der Waals surface area contributed by atoms with Gasteiger partial charge in [0, 0.05) is 26.4 Å². The molecular formula is C10H22N2O4S. The van der Waals surface area contributed by atoms with Crippen LogP contribution in [0.4, 0.5) is 0 Å². The van der Waals surface area contributed by atoms with Gasteiger partial charge in [-0.1, -0.05) is 0 Å². The molecule has 7 heteroatoms. The zero-order valence-electron chi connectivity index (χ0n) is 10.9. The minimum atomic E-state index is -3.43. The van der Waals surface area contributed by atoms with Crippen LogP contribution in [0.25, 0.3) is 0 Å². The molecule has 0 saturated carbocycles. The second-order valence-electron chi connectivity index (χ2n) is 4.41. The summed E-state index contributed by atoms with van der Waals surface area (Å²) in [5, 5.41) is 0. The third kappa shape index (κ3) is 4.61. The highest BCUT2D eigenvalue weighted by molar-refractivity contribution is 7.92. The number of amides is 1. The molecule has 0 atom stereocenters. The minimum Gasteiger partial charge on any atom is -0.378 e. The van der Waals surface area contributed by atoms with E-state index >= 15 is 0 Å². The second kappa shape index (κ2) is 6.32. The SMILES string of the molecule is CN(CCOCCN)C(=O)C(C)(C)S(C)(=O)=O. The van der Waals surface area contributed by atoms with Gasteiger partial charge in [-0.3, -0.25) is 4.79 Å². The van der Waals surface area contributed by atoms with E-state index in [9.17, 15) is 13.2 Å². The van der Waals surface area contributed by atoms with Crippen LogP contribution in [0.3, 0.4) is 0 Å². The van der Waals surface area contributed by atoms with Gasteiger partial charge in [0.15, 0.2) is 9.84 Å². The lowest BCUT2D eigenvalue weighted by atomic mass is 10.2. The van der Waals surface area contributed by atoms with Gasteiger partial charge in [0.05, 0.1) is 13.2 Å². The summed E-state index contributed by atoms with van der Waals surface area (Å²) in [5.74, 6) is -0.434. The van der Waals surface area contributed by atoms with Crippen molar-refractivity contribution in [3.63, 3.8) is 0 Å². The molecule has 17 heavy (non-hydrogen) atoms. The normalized spacial score (nSPS) is 12.5. The minimum absolute atomic E-state index is 0.345. The Morgan fingerprint density at radius 3 is 2.29 bits per heavy atom. The monoisotopic (exact) mass is 266 g/mol. The molecule has 2 N–H and O–H groups in total. The van der Waals surface area contributed by atoms with Crippen molar-refractivity contribution in [2.24, 2.45) is 5.73 Å². The topological polar surface area (TPSA) is 89.7 Å². The summed E-state index contributed by atoms with van der Waals surface area (Å²) >= 11 is 0. The maximum atomic E-state index is 11.9. The Labute approximate surface area is 103 Å². The number of rotatable bonds is 7. The molecule has 0 bridgehead atoms. The summed E-state index contributed by atoms with van der Waals surface area (Å²) in [6.45, 7) is 4.35. The molecule has 0 unspecified atom stereocenters. The molecule has 1 amide bonds. The zero-order chi connectivity index (χ0) is 13.7. The van der Waals surface area contributed by atoms with Gasteiger partial charge < -0.3 is 15.4 Å². The molecule has 0 heterocycles. The first-order chi connectivity index (χ1) is 7.64. The summed E-state index contributed by atoms with van der Waals surface area (Å²) in [6.07, 6.45) is 1.06. The standard InChI is InChI=1S/C10H22N2O4S/c1-10(2,17(4,14)15)9(13)12(3)6-8-16-7-5-11/h5-8,11H2,1-4H3. The van der Waals surface area contributed by atoms with Crippen molar-refractivity contribution in [2.75, 3.05) is 39.6 Å². The van der Waals surface area contributed by atoms with Gasteiger partial charge in [0.2, 0.25) is 5.91 Å². The van der Waals surface area contributed by atoms with E-state index < -0.39 is 20.5 Å². The first-order valence-electron chi connectivity index (χ1n) is 5.37. The molecular weight excluding hydrogens is 244 g/mol. The van der Waals surface area contributed by atoms with Crippen molar-refractivity contribution in [1.82, 2.24) is 4.90 Å². The van der Waals surface area contributed by atoms with Gasteiger partial charge in [-0.25, -0.2) is 8.42 Å². The highest BCUT2D eigenvalue weighted by Crippen LogP contribution is 2.17. The van der Waals surface area contributed by atoms with Crippen LogP contribution in [0.15, 0.2) is 0 Å². The lowest BCUT2D eigenvalue weighted by molar-refractivity contribution is -0.132. The average Bonchev–Trinajstić information content (AvgIpc) is 2.21. The Morgan fingerprint density at radius 1 is 1.35 bits per heavy atom. The molecule has 0 aliphatic heterocycles. The van der Waals surface area contributed by atoms with E-state index in [4.69, 9.17) is 10.5 Å². The molecule has 0 aromatic rings. The fraction of sp³-hybridized carbons (Fsp3) is 0.900. The van der Waals surface area contributed by atoms with Crippen LogP contribution in [0.5, 0.6) is 0 Å². The van der Waals surface area contributed by atoms with E-state index in [1.165, 1.54) is 18.7 Å². The Hall–Kier alpha value is -0.660. The maximum absolute atomic E-state index is 11.9. The number of nitrogens with two attached hydrogens (primary N) is 1. The summed E-state index contributed by atoms with van der Waals surface area (Å²) < 4.78 is 26.7. The summed E-state index contributed by atoms with van der Waals surface area (Å²) in [4.78, 5) is 13.3. The molecule has 0 fully saturated rings. The fourth-order valence-electron chi connectivity index (χ4n) is 1.11. The Balaban J connectivity index is 4.41. The van der Waals surface area contributed by atoms with E-state index in [1.807, 2.05) is 0 Å². The van der Waals surface area contributed by atoms with Crippen LogP contribution in [0.1, 0.15) is 13.8 Å². The van der Waals surface area contributed by atoms with Gasteiger partial charge >= 0.3 is 0 Å². The van der Waals surface area contributed by atoms with Crippen LogP contribution in [0, 0.1) is 0 Å². The van der Waals surface area contributed by atoms with E-state index in [1.54, 1.807) is 7.05 Å². The molecule has 0 spiro atoms. The van der Waals surface area contributed by atoms with Crippen molar-refractivity contribution in [3.05, 3.63) is 0 Å². The number of hydrogen-bond donors (Lipinski definition) is 1. The number of nitrogens with zero attached hydrogens (tertiary/aromatic N) is 1. The second-order valence-corrected chi connectivity index (χ2v) is 6.98. The first kappa shape index (κ1) is 16.3. The lowest BCUT2D eigenvalue weighted by Gasteiger charge is -2.27. The van der Waals surface area contributed by atoms with Gasteiger partial charge in [-0.05, 0) is 13.8 Å². The van der Waals surface area contributed by atoms with Crippen molar-refractivity contribution >= 4 is 15.7 Å².